The summed E-state index contributed by atoms with van der Waals surface area (Å²) in [5, 5.41) is 1.90. The third-order valence-corrected chi connectivity index (χ3v) is 4.58. The topological polar surface area (TPSA) is 75.0 Å². The van der Waals surface area contributed by atoms with E-state index in [1.807, 2.05) is 11.4 Å². The van der Waals surface area contributed by atoms with Gasteiger partial charge in [-0.05, 0) is 43.3 Å². The molecule has 7 heteroatoms. The van der Waals surface area contributed by atoms with Crippen molar-refractivity contribution in [2.24, 2.45) is 11.7 Å². The van der Waals surface area contributed by atoms with Crippen LogP contribution >= 0.6 is 23.7 Å². The molecule has 1 fully saturated rings. The first-order valence-corrected chi connectivity index (χ1v) is 7.53. The van der Waals surface area contributed by atoms with Crippen molar-refractivity contribution in [2.75, 3.05) is 19.6 Å². The number of nitrogens with zero attached hydrogens (tertiary/aromatic N) is 2. The lowest BCUT2D eigenvalue weighted by molar-refractivity contribution is 0.167. The zero-order valence-corrected chi connectivity index (χ0v) is 12.8. The van der Waals surface area contributed by atoms with Crippen LogP contribution in [0.5, 0.6) is 0 Å². The van der Waals surface area contributed by atoms with E-state index in [2.05, 4.69) is 14.9 Å². The van der Waals surface area contributed by atoms with Gasteiger partial charge in [0, 0.05) is 6.54 Å². The smallest absolute Gasteiger partial charge is 0.268 e. The van der Waals surface area contributed by atoms with Gasteiger partial charge in [-0.3, -0.25) is 9.69 Å². The maximum Gasteiger partial charge on any atom is 0.268 e. The fraction of sp³-hybridized carbons (Fsp3) is 0.538. The molecule has 1 unspecified atom stereocenters. The number of hydrogen-bond donors (Lipinski definition) is 2. The van der Waals surface area contributed by atoms with Crippen LogP contribution in [-0.2, 0) is 6.54 Å². The minimum Gasteiger partial charge on any atom is -0.330 e. The van der Waals surface area contributed by atoms with Gasteiger partial charge in [-0.25, -0.2) is 4.98 Å². The molecule has 1 aliphatic heterocycles. The first-order chi connectivity index (χ1) is 9.26. The summed E-state index contributed by atoms with van der Waals surface area (Å²) < 4.78 is 0.710. The normalized spacial score (nSPS) is 19.9. The molecule has 1 saturated heterocycles. The van der Waals surface area contributed by atoms with Crippen molar-refractivity contribution >= 4 is 34.0 Å². The monoisotopic (exact) mass is 314 g/mol. The minimum atomic E-state index is -0.0256. The number of piperidine rings is 1. The Kier molecular flexibility index (Phi) is 5.15. The van der Waals surface area contributed by atoms with Gasteiger partial charge in [0.25, 0.3) is 5.56 Å². The molecule has 1 atom stereocenters. The van der Waals surface area contributed by atoms with Crippen LogP contribution in [0.25, 0.3) is 10.2 Å². The van der Waals surface area contributed by atoms with E-state index in [4.69, 9.17) is 5.73 Å². The van der Waals surface area contributed by atoms with Gasteiger partial charge < -0.3 is 10.7 Å². The van der Waals surface area contributed by atoms with Gasteiger partial charge in [0.1, 0.15) is 10.5 Å². The van der Waals surface area contributed by atoms with E-state index < -0.39 is 0 Å². The molecular weight excluding hydrogens is 296 g/mol. The van der Waals surface area contributed by atoms with E-state index in [1.165, 1.54) is 24.2 Å². The van der Waals surface area contributed by atoms with Crippen LogP contribution < -0.4 is 11.3 Å². The largest absolute Gasteiger partial charge is 0.330 e. The summed E-state index contributed by atoms with van der Waals surface area (Å²) in [5.74, 6) is 1.33. The van der Waals surface area contributed by atoms with E-state index in [-0.39, 0.29) is 18.0 Å². The van der Waals surface area contributed by atoms with E-state index in [0.29, 0.717) is 17.2 Å². The zero-order valence-electron chi connectivity index (χ0n) is 11.2. The van der Waals surface area contributed by atoms with Crippen molar-refractivity contribution in [3.8, 4) is 0 Å². The highest BCUT2D eigenvalue weighted by Gasteiger charge is 2.19. The van der Waals surface area contributed by atoms with Crippen molar-refractivity contribution in [3.63, 3.8) is 0 Å². The lowest BCUT2D eigenvalue weighted by Crippen LogP contribution is -2.38. The first-order valence-electron chi connectivity index (χ1n) is 6.65. The van der Waals surface area contributed by atoms with Gasteiger partial charge in [-0.1, -0.05) is 0 Å². The Morgan fingerprint density at radius 1 is 1.55 bits per heavy atom. The van der Waals surface area contributed by atoms with Gasteiger partial charge >= 0.3 is 0 Å². The number of nitrogens with one attached hydrogen (secondary N) is 1. The summed E-state index contributed by atoms with van der Waals surface area (Å²) in [6, 6.07) is 1.90. The highest BCUT2D eigenvalue weighted by atomic mass is 35.5. The minimum absolute atomic E-state index is 0. The van der Waals surface area contributed by atoms with Gasteiger partial charge in [0.15, 0.2) is 0 Å². The number of aromatic amines is 1. The highest BCUT2D eigenvalue weighted by Crippen LogP contribution is 2.18. The van der Waals surface area contributed by atoms with Gasteiger partial charge in [0.05, 0.1) is 12.1 Å². The predicted octanol–water partition coefficient (Wildman–Crippen LogP) is 1.58. The second-order valence-electron chi connectivity index (χ2n) is 5.13. The summed E-state index contributed by atoms with van der Waals surface area (Å²) in [6.45, 7) is 3.51. The van der Waals surface area contributed by atoms with Crippen molar-refractivity contribution in [1.29, 1.82) is 0 Å². The fourth-order valence-electron chi connectivity index (χ4n) is 2.70. The van der Waals surface area contributed by atoms with Crippen LogP contribution in [0.1, 0.15) is 18.7 Å². The number of fused-ring (bicyclic) bond motifs is 1. The molecule has 0 bridgehead atoms. The molecule has 0 amide bonds. The second-order valence-corrected chi connectivity index (χ2v) is 6.04. The molecule has 3 N–H and O–H groups in total. The lowest BCUT2D eigenvalue weighted by atomic mass is 9.98. The molecule has 20 heavy (non-hydrogen) atoms. The quantitative estimate of drug-likeness (QED) is 0.902. The summed E-state index contributed by atoms with van der Waals surface area (Å²) in [5.41, 5.74) is 6.52. The molecule has 2 aromatic heterocycles. The average molecular weight is 315 g/mol. The van der Waals surface area contributed by atoms with Gasteiger partial charge in [-0.2, -0.15) is 0 Å². The number of aromatic nitrogens is 2. The number of nitrogens with two attached hydrogens (primary N) is 1. The molecule has 3 heterocycles. The van der Waals surface area contributed by atoms with Crippen LogP contribution in [-0.4, -0.2) is 34.5 Å². The van der Waals surface area contributed by atoms with E-state index in [9.17, 15) is 4.79 Å². The Morgan fingerprint density at radius 3 is 3.20 bits per heavy atom. The Balaban J connectivity index is 0.00000147. The van der Waals surface area contributed by atoms with Crippen LogP contribution in [0, 0.1) is 5.92 Å². The molecule has 110 valence electrons. The van der Waals surface area contributed by atoms with Crippen LogP contribution in [0.15, 0.2) is 16.2 Å². The molecule has 2 aromatic rings. The predicted molar refractivity (Wildman–Crippen MR) is 84.5 cm³/mol. The third kappa shape index (κ3) is 3.20. The number of thiophene rings is 1. The van der Waals surface area contributed by atoms with Crippen molar-refractivity contribution in [3.05, 3.63) is 27.6 Å². The summed E-state index contributed by atoms with van der Waals surface area (Å²) in [7, 11) is 0. The third-order valence-electron chi connectivity index (χ3n) is 3.67. The van der Waals surface area contributed by atoms with E-state index in [1.54, 1.807) is 0 Å². The molecule has 0 spiro atoms. The average Bonchev–Trinajstić information content (AvgIpc) is 2.88. The Morgan fingerprint density at radius 2 is 2.40 bits per heavy atom. The van der Waals surface area contributed by atoms with Crippen molar-refractivity contribution in [2.45, 2.75) is 19.4 Å². The lowest BCUT2D eigenvalue weighted by Gasteiger charge is -2.31. The number of likely N-dealkylation sites (tertiary alicyclic amines) is 1. The molecule has 0 saturated carbocycles. The molecule has 3 rings (SSSR count). The molecule has 0 aliphatic carbocycles. The Bertz CT molecular complexity index is 626. The van der Waals surface area contributed by atoms with Gasteiger partial charge in [0.2, 0.25) is 0 Å². The molecule has 0 radical (unpaired) electrons. The molecule has 1 aliphatic rings. The highest BCUT2D eigenvalue weighted by molar-refractivity contribution is 7.17. The number of rotatable bonds is 3. The number of H-pyrrole nitrogens is 1. The number of halogens is 1. The van der Waals surface area contributed by atoms with Crippen LogP contribution in [0.2, 0.25) is 0 Å². The fourth-order valence-corrected chi connectivity index (χ4v) is 3.42. The maximum atomic E-state index is 11.9. The van der Waals surface area contributed by atoms with E-state index >= 15 is 0 Å². The molecular formula is C13H19ClN4OS. The Labute approximate surface area is 127 Å². The van der Waals surface area contributed by atoms with Crippen molar-refractivity contribution in [1.82, 2.24) is 14.9 Å². The first kappa shape index (κ1) is 15.4. The zero-order chi connectivity index (χ0) is 13.2. The standard InChI is InChI=1S/C13H18N4OS.ClH/c14-6-9-2-1-4-17(7-9)8-11-15-10-3-5-19-12(10)13(18)16-11;/h3,5,9H,1-2,4,6-8,14H2,(H,15,16,18);1H. The van der Waals surface area contributed by atoms with E-state index in [0.717, 1.165) is 31.0 Å². The summed E-state index contributed by atoms with van der Waals surface area (Å²) in [6.07, 6.45) is 2.38. The SMILES string of the molecule is Cl.NCC1CCCN(Cc2nc3ccsc3c(=O)[nH]2)C1. The second kappa shape index (κ2) is 6.67. The maximum absolute atomic E-state index is 11.9. The Hall–Kier alpha value is -0.950. The summed E-state index contributed by atoms with van der Waals surface area (Å²) in [4.78, 5) is 21.6. The number of hydrogen-bond acceptors (Lipinski definition) is 5. The molecule has 0 aromatic carbocycles. The summed E-state index contributed by atoms with van der Waals surface area (Å²) >= 11 is 1.44. The molecule has 5 nitrogen and oxygen atoms in total. The van der Waals surface area contributed by atoms with Crippen LogP contribution in [0.4, 0.5) is 0 Å². The van der Waals surface area contributed by atoms with Crippen LogP contribution in [0.3, 0.4) is 0 Å². The van der Waals surface area contributed by atoms with Gasteiger partial charge in [-0.15, -0.1) is 23.7 Å². The van der Waals surface area contributed by atoms with Crippen molar-refractivity contribution < 1.29 is 0 Å².